The number of nitrogens with one attached hydrogen (secondary N) is 2. The summed E-state index contributed by atoms with van der Waals surface area (Å²) in [6.45, 7) is 9.55. The van der Waals surface area contributed by atoms with Crippen molar-refractivity contribution >= 4 is 52.9 Å². The Labute approximate surface area is 212 Å². The number of carbonyl (C=O) groups excluding carboxylic acids is 1. The van der Waals surface area contributed by atoms with Gasteiger partial charge in [0.1, 0.15) is 0 Å². The highest BCUT2D eigenvalue weighted by Gasteiger charge is 2.20. The summed E-state index contributed by atoms with van der Waals surface area (Å²) in [5, 5.41) is 7.67. The first-order valence-electron chi connectivity index (χ1n) is 11.2. The molecule has 0 unspecified atom stereocenters. The molecule has 32 heavy (non-hydrogen) atoms. The molecule has 3 rings (SSSR count). The zero-order valence-electron chi connectivity index (χ0n) is 19.0. The fourth-order valence-corrected chi connectivity index (χ4v) is 4.38. The number of hydrogen-bond donors (Lipinski definition) is 2. The van der Waals surface area contributed by atoms with Gasteiger partial charge in [0, 0.05) is 75.4 Å². The van der Waals surface area contributed by atoms with Crippen LogP contribution in [0.15, 0.2) is 41.5 Å². The lowest BCUT2D eigenvalue weighted by molar-refractivity contribution is -0.131. The van der Waals surface area contributed by atoms with E-state index in [4.69, 9.17) is 0 Å². The van der Waals surface area contributed by atoms with Crippen molar-refractivity contribution in [1.29, 1.82) is 0 Å². The Kier molecular flexibility index (Phi) is 11.8. The van der Waals surface area contributed by atoms with Gasteiger partial charge in [0.05, 0.1) is 5.01 Å². The molecule has 2 aromatic rings. The molecule has 1 saturated heterocycles. The van der Waals surface area contributed by atoms with Gasteiger partial charge in [0.15, 0.2) is 5.96 Å². The van der Waals surface area contributed by atoms with E-state index in [0.717, 1.165) is 56.5 Å². The number of carbonyl (C=O) groups is 1. The molecule has 1 amide bonds. The Hall–Kier alpha value is -1.88. The van der Waals surface area contributed by atoms with Crippen LogP contribution < -0.4 is 15.5 Å². The number of aliphatic imine (C=N–C) groups is 1. The second kappa shape index (κ2) is 14.3. The Morgan fingerprint density at radius 3 is 2.53 bits per heavy atom. The topological polar surface area (TPSA) is 72.9 Å². The fraction of sp³-hybridized carbons (Fsp3) is 0.522. The quantitative estimate of drug-likeness (QED) is 0.276. The van der Waals surface area contributed by atoms with Gasteiger partial charge in [0.25, 0.3) is 0 Å². The number of aryl methyl sites for hydroxylation is 1. The van der Waals surface area contributed by atoms with Crippen LogP contribution in [-0.4, -0.2) is 67.6 Å². The molecule has 1 fully saturated rings. The lowest BCUT2D eigenvalue weighted by atomic mass is 10.2. The summed E-state index contributed by atoms with van der Waals surface area (Å²) in [5.41, 5.74) is 1.23. The summed E-state index contributed by atoms with van der Waals surface area (Å²) in [4.78, 5) is 27.3. The average Bonchev–Trinajstić information content (AvgIpc) is 3.28. The molecule has 0 aliphatic carbocycles. The number of benzene rings is 1. The molecule has 0 bridgehead atoms. The van der Waals surface area contributed by atoms with Crippen LogP contribution >= 0.6 is 35.3 Å². The highest BCUT2D eigenvalue weighted by Crippen LogP contribution is 2.16. The summed E-state index contributed by atoms with van der Waals surface area (Å²) in [6, 6.07) is 10.4. The number of piperazine rings is 1. The van der Waals surface area contributed by atoms with Crippen molar-refractivity contribution in [2.75, 3.05) is 50.7 Å². The molecule has 1 aromatic carbocycles. The highest BCUT2D eigenvalue weighted by atomic mass is 127. The zero-order chi connectivity index (χ0) is 21.9. The van der Waals surface area contributed by atoms with Crippen molar-refractivity contribution in [3.05, 3.63) is 46.4 Å². The number of anilines is 1. The molecule has 2 heterocycles. The van der Waals surface area contributed by atoms with Gasteiger partial charge < -0.3 is 20.4 Å². The molecule has 0 spiro atoms. The lowest BCUT2D eigenvalue weighted by Gasteiger charge is -2.36. The predicted molar refractivity (Wildman–Crippen MR) is 144 cm³/mol. The van der Waals surface area contributed by atoms with Crippen LogP contribution in [0.25, 0.3) is 0 Å². The van der Waals surface area contributed by atoms with Crippen LogP contribution in [0.5, 0.6) is 0 Å². The molecular weight excluding hydrogens is 535 g/mol. The minimum Gasteiger partial charge on any atom is -0.368 e. The van der Waals surface area contributed by atoms with E-state index in [1.807, 2.05) is 24.1 Å². The van der Waals surface area contributed by atoms with Gasteiger partial charge in [-0.15, -0.1) is 35.3 Å². The number of guanidine groups is 1. The van der Waals surface area contributed by atoms with E-state index >= 15 is 0 Å². The molecule has 2 N–H and O–H groups in total. The van der Waals surface area contributed by atoms with Crippen molar-refractivity contribution in [1.82, 2.24) is 20.5 Å². The Morgan fingerprint density at radius 2 is 1.88 bits per heavy atom. The van der Waals surface area contributed by atoms with Gasteiger partial charge in [-0.1, -0.05) is 25.1 Å². The first-order valence-corrected chi connectivity index (χ1v) is 12.0. The lowest BCUT2D eigenvalue weighted by Crippen LogP contribution is -2.49. The van der Waals surface area contributed by atoms with Crippen molar-refractivity contribution in [2.24, 2.45) is 4.99 Å². The molecule has 0 radical (unpaired) electrons. The number of para-hydroxylation sites is 1. The van der Waals surface area contributed by atoms with Gasteiger partial charge in [-0.25, -0.2) is 4.98 Å². The molecule has 1 aromatic heterocycles. The number of hydrogen-bond acceptors (Lipinski definition) is 5. The molecule has 9 heteroatoms. The summed E-state index contributed by atoms with van der Waals surface area (Å²) in [5.74, 6) is 0.961. The maximum Gasteiger partial charge on any atom is 0.224 e. The summed E-state index contributed by atoms with van der Waals surface area (Å²) < 4.78 is 0. The number of aromatic nitrogens is 1. The monoisotopic (exact) mass is 570 g/mol. The molecule has 0 atom stereocenters. The summed E-state index contributed by atoms with van der Waals surface area (Å²) in [7, 11) is 0. The maximum absolute atomic E-state index is 12.6. The summed E-state index contributed by atoms with van der Waals surface area (Å²) >= 11 is 1.76. The van der Waals surface area contributed by atoms with Crippen molar-refractivity contribution < 1.29 is 4.79 Å². The smallest absolute Gasteiger partial charge is 0.224 e. The fourth-order valence-electron chi connectivity index (χ4n) is 3.53. The molecule has 1 aliphatic heterocycles. The van der Waals surface area contributed by atoms with Gasteiger partial charge in [-0.2, -0.15) is 0 Å². The zero-order valence-corrected chi connectivity index (χ0v) is 22.2. The van der Waals surface area contributed by atoms with E-state index < -0.39 is 0 Å². The van der Waals surface area contributed by atoms with Gasteiger partial charge in [0.2, 0.25) is 5.91 Å². The van der Waals surface area contributed by atoms with Gasteiger partial charge >= 0.3 is 0 Å². The third kappa shape index (κ3) is 8.23. The van der Waals surface area contributed by atoms with Crippen molar-refractivity contribution in [3.8, 4) is 0 Å². The van der Waals surface area contributed by atoms with Crippen LogP contribution in [0, 0.1) is 0 Å². The van der Waals surface area contributed by atoms with Crippen LogP contribution in [0.1, 0.15) is 30.2 Å². The predicted octanol–water partition coefficient (Wildman–Crippen LogP) is 3.16. The van der Waals surface area contributed by atoms with Crippen LogP contribution in [0.4, 0.5) is 5.69 Å². The Bertz CT molecular complexity index is 836. The molecule has 0 saturated carbocycles. The number of amides is 1. The van der Waals surface area contributed by atoms with E-state index in [0.29, 0.717) is 19.5 Å². The largest absolute Gasteiger partial charge is 0.368 e. The van der Waals surface area contributed by atoms with E-state index in [9.17, 15) is 4.79 Å². The minimum absolute atomic E-state index is 0. The van der Waals surface area contributed by atoms with Gasteiger partial charge in [-0.05, 0) is 25.5 Å². The van der Waals surface area contributed by atoms with Crippen molar-refractivity contribution in [3.63, 3.8) is 0 Å². The minimum atomic E-state index is 0. The van der Waals surface area contributed by atoms with Crippen LogP contribution in [0.3, 0.4) is 0 Å². The number of halogens is 1. The van der Waals surface area contributed by atoms with E-state index in [1.54, 1.807) is 11.3 Å². The molecule has 176 valence electrons. The third-order valence-electron chi connectivity index (χ3n) is 5.27. The Morgan fingerprint density at radius 1 is 1.12 bits per heavy atom. The van der Waals surface area contributed by atoms with Crippen LogP contribution in [-0.2, 0) is 17.6 Å². The average molecular weight is 571 g/mol. The number of nitrogens with zero attached hydrogens (tertiary/aromatic N) is 4. The van der Waals surface area contributed by atoms with Crippen molar-refractivity contribution in [2.45, 2.75) is 33.1 Å². The van der Waals surface area contributed by atoms with Crippen LogP contribution in [0.2, 0.25) is 0 Å². The maximum atomic E-state index is 12.6. The summed E-state index contributed by atoms with van der Waals surface area (Å²) in [6.07, 6.45) is 4.30. The second-order valence-electron chi connectivity index (χ2n) is 7.46. The SMILES string of the molecule is CCNC(=NCCc1ncc(CC)s1)NCCC(=O)N1CCN(c2ccccc2)CC1.I. The number of rotatable bonds is 9. The third-order valence-corrected chi connectivity index (χ3v) is 6.48. The highest BCUT2D eigenvalue weighted by molar-refractivity contribution is 14.0. The second-order valence-corrected chi connectivity index (χ2v) is 8.66. The molecule has 1 aliphatic rings. The first-order chi connectivity index (χ1) is 15.2. The van der Waals surface area contributed by atoms with E-state index in [-0.39, 0.29) is 29.9 Å². The molecule has 7 nitrogen and oxygen atoms in total. The van der Waals surface area contributed by atoms with Gasteiger partial charge in [-0.3, -0.25) is 9.79 Å². The van der Waals surface area contributed by atoms with E-state index in [1.165, 1.54) is 10.6 Å². The first kappa shape index (κ1) is 26.4. The standard InChI is InChI=1S/C23H34N6OS.HI/c1-3-20-18-27-21(31-20)10-12-25-23(24-4-2)26-13-11-22(30)29-16-14-28(15-17-29)19-8-6-5-7-9-19;/h5-9,18H,3-4,10-17H2,1-2H3,(H2,24,25,26);1H. The van der Waals surface area contributed by atoms with E-state index in [2.05, 4.69) is 56.7 Å². The number of thiazole rings is 1. The Balaban J connectivity index is 0.00000363. The normalized spacial score (nSPS) is 14.1. The molecular formula is C23H35IN6OS.